The van der Waals surface area contributed by atoms with E-state index in [1.165, 1.54) is 34.1 Å². The van der Waals surface area contributed by atoms with Gasteiger partial charge in [-0.3, -0.25) is 23.9 Å². The van der Waals surface area contributed by atoms with E-state index < -0.39 is 76.4 Å². The van der Waals surface area contributed by atoms with E-state index >= 15 is 0 Å². The number of carboxylic acid groups (broad SMARTS) is 1. The van der Waals surface area contributed by atoms with E-state index in [0.29, 0.717) is 30.6 Å². The molecule has 1 spiro atoms. The number of nitrogens with zero attached hydrogens (tertiary/aromatic N) is 5. The zero-order valence-corrected chi connectivity index (χ0v) is 37.5. The third-order valence-corrected chi connectivity index (χ3v) is 15.5. The van der Waals surface area contributed by atoms with Crippen LogP contribution in [0.25, 0.3) is 0 Å². The summed E-state index contributed by atoms with van der Waals surface area (Å²) < 4.78 is 95.7. The first-order valence-electron chi connectivity index (χ1n) is 23.2. The molecule has 7 fully saturated rings. The summed E-state index contributed by atoms with van der Waals surface area (Å²) in [5, 5.41) is 17.0. The van der Waals surface area contributed by atoms with Gasteiger partial charge in [-0.25, -0.2) is 4.79 Å². The van der Waals surface area contributed by atoms with Crippen molar-refractivity contribution in [2.24, 2.45) is 22.2 Å². The number of carboxylic acids is 1. The number of nitrogens with one attached hydrogen (secondary N) is 1. The Morgan fingerprint density at radius 3 is 2.15 bits per heavy atom. The van der Waals surface area contributed by atoms with Crippen molar-refractivity contribution in [3.63, 3.8) is 0 Å². The summed E-state index contributed by atoms with van der Waals surface area (Å²) in [5.41, 5.74) is -3.29. The van der Waals surface area contributed by atoms with Gasteiger partial charge >= 0.3 is 18.3 Å². The summed E-state index contributed by atoms with van der Waals surface area (Å²) in [6.07, 6.45) is -3.46. The highest BCUT2D eigenvalue weighted by Gasteiger charge is 2.72. The highest BCUT2D eigenvalue weighted by molar-refractivity contribution is 5.96. The molecule has 2 saturated carbocycles. The van der Waals surface area contributed by atoms with Crippen LogP contribution in [0.3, 0.4) is 0 Å². The van der Waals surface area contributed by atoms with Crippen LogP contribution in [-0.2, 0) is 36.6 Å². The van der Waals surface area contributed by atoms with E-state index in [0.717, 1.165) is 42.7 Å². The van der Waals surface area contributed by atoms with Crippen molar-refractivity contribution in [1.82, 2.24) is 29.8 Å². The number of hydrogen-bond donors (Lipinski definition) is 2. The predicted molar refractivity (Wildman–Crippen MR) is 229 cm³/mol. The number of likely N-dealkylation sites (tertiary alicyclic amines) is 3. The number of piperidine rings is 1. The number of carbonyl (C=O) groups excluding carboxylic acids is 4. The second-order valence-electron chi connectivity index (χ2n) is 20.0. The quantitative estimate of drug-likeness (QED) is 0.192. The molecule has 4 amide bonds. The fraction of sp³-hybridized carbons (Fsp3) is 0.583. The van der Waals surface area contributed by atoms with Gasteiger partial charge in [-0.15, -0.1) is 0 Å². The lowest BCUT2D eigenvalue weighted by Gasteiger charge is -2.51. The lowest BCUT2D eigenvalue weighted by Crippen LogP contribution is -2.67. The van der Waals surface area contributed by atoms with Gasteiger partial charge in [0, 0.05) is 56.3 Å². The molecule has 2 aromatic carbocycles. The van der Waals surface area contributed by atoms with Crippen molar-refractivity contribution in [3.8, 4) is 0 Å². The average Bonchev–Trinajstić information content (AvgIpc) is 3.86. The number of alkyl halides is 6. The standard InChI is InChI=1S/C48H54F6N6O8/c1-29(67-27-44-14-10-34(11-15-44)68-28-44)38(41(63)57-18-12-31(13-19-57)35-4-2-3-5-36(35)42(64)65)56-39(61)37-23-58(24-45(37)25-59(26-45)43(66)46(16-17-46)48(52,53)54)40(62)32-20-55-60(22-32)21-30-6-8-33(9-7-30)47(49,50)51/h2-9,20,22,29,31,34,37-38H,10-19,21,23-28H2,1H3,(H,56,61)(H,64,65)/t29-,34?,37+,38+,44?/m1/s1. The molecule has 0 unspecified atom stereocenters. The molecule has 68 heavy (non-hydrogen) atoms. The number of halogens is 6. The molecule has 7 aliphatic rings. The van der Waals surface area contributed by atoms with Gasteiger partial charge in [-0.05, 0) is 93.5 Å². The smallest absolute Gasteiger partial charge is 0.416 e. The maximum Gasteiger partial charge on any atom is 0.416 e. The Balaban J connectivity index is 0.944. The van der Waals surface area contributed by atoms with Crippen LogP contribution in [0.2, 0.25) is 0 Å². The number of aromatic nitrogens is 2. The number of fused-ring (bicyclic) bond motifs is 3. The Labute approximate surface area is 388 Å². The van der Waals surface area contributed by atoms with E-state index in [4.69, 9.17) is 9.47 Å². The van der Waals surface area contributed by atoms with E-state index in [2.05, 4.69) is 10.4 Å². The molecular formula is C48H54F6N6O8. The Hall–Kier alpha value is -5.50. The van der Waals surface area contributed by atoms with Crippen molar-refractivity contribution in [2.75, 3.05) is 52.5 Å². The van der Waals surface area contributed by atoms with Crippen LogP contribution >= 0.6 is 0 Å². The van der Waals surface area contributed by atoms with Crippen molar-refractivity contribution in [1.29, 1.82) is 0 Å². The van der Waals surface area contributed by atoms with Crippen molar-refractivity contribution >= 4 is 29.6 Å². The van der Waals surface area contributed by atoms with Gasteiger partial charge < -0.3 is 34.6 Å². The number of carbonyl (C=O) groups is 5. The lowest BCUT2D eigenvalue weighted by molar-refractivity contribution is -0.205. The zero-order valence-electron chi connectivity index (χ0n) is 37.5. The molecule has 14 nitrogen and oxygen atoms in total. The summed E-state index contributed by atoms with van der Waals surface area (Å²) in [4.78, 5) is 73.3. The Bertz CT molecular complexity index is 2400. The molecular weight excluding hydrogens is 903 g/mol. The average molecular weight is 957 g/mol. The normalized spacial score (nSPS) is 25.2. The molecule has 6 heterocycles. The minimum absolute atomic E-state index is 0.0377. The Kier molecular flexibility index (Phi) is 12.4. The number of amides is 4. The minimum Gasteiger partial charge on any atom is -0.478 e. The van der Waals surface area contributed by atoms with Gasteiger partial charge in [0.25, 0.3) is 5.91 Å². The molecule has 20 heteroatoms. The highest BCUT2D eigenvalue weighted by atomic mass is 19.4. The first-order chi connectivity index (χ1) is 32.2. The number of ether oxygens (including phenoxy) is 2. The van der Waals surface area contributed by atoms with E-state index in [1.54, 1.807) is 36.1 Å². The van der Waals surface area contributed by atoms with E-state index in [-0.39, 0.29) is 93.8 Å². The molecule has 2 N–H and O–H groups in total. The largest absolute Gasteiger partial charge is 0.478 e. The molecule has 1 aromatic heterocycles. The summed E-state index contributed by atoms with van der Waals surface area (Å²) >= 11 is 0. The number of aromatic carboxylic acids is 1. The molecule has 5 saturated heterocycles. The van der Waals surface area contributed by atoms with Crippen LogP contribution in [0, 0.1) is 22.2 Å². The van der Waals surface area contributed by atoms with Gasteiger partial charge in [-0.1, -0.05) is 30.3 Å². The fourth-order valence-electron chi connectivity index (χ4n) is 11.1. The van der Waals surface area contributed by atoms with Gasteiger partial charge in [0.1, 0.15) is 11.5 Å². The van der Waals surface area contributed by atoms with Gasteiger partial charge in [0.2, 0.25) is 17.7 Å². The number of rotatable bonds is 13. The molecule has 366 valence electrons. The molecule has 2 bridgehead atoms. The van der Waals surface area contributed by atoms with E-state index in [9.17, 15) is 55.4 Å². The molecule has 5 aliphatic heterocycles. The highest BCUT2D eigenvalue weighted by Crippen LogP contribution is 2.60. The van der Waals surface area contributed by atoms with Crippen molar-refractivity contribution in [2.45, 2.75) is 101 Å². The second-order valence-corrected chi connectivity index (χ2v) is 20.0. The maximum atomic E-state index is 14.8. The molecule has 0 radical (unpaired) electrons. The third-order valence-electron chi connectivity index (χ3n) is 15.5. The zero-order chi connectivity index (χ0) is 48.4. The van der Waals surface area contributed by atoms with Crippen LogP contribution in [0.1, 0.15) is 102 Å². The monoisotopic (exact) mass is 956 g/mol. The minimum atomic E-state index is -4.76. The van der Waals surface area contributed by atoms with Crippen LogP contribution < -0.4 is 5.32 Å². The second kappa shape index (κ2) is 17.8. The van der Waals surface area contributed by atoms with Crippen molar-refractivity contribution < 1.29 is 64.9 Å². The molecule has 3 atom stereocenters. The predicted octanol–water partition coefficient (Wildman–Crippen LogP) is 6.15. The number of hydrogen-bond acceptors (Lipinski definition) is 8. The maximum absolute atomic E-state index is 14.8. The van der Waals surface area contributed by atoms with Crippen LogP contribution in [-0.4, -0.2) is 136 Å². The summed E-state index contributed by atoms with van der Waals surface area (Å²) in [6.45, 7) is 2.26. The van der Waals surface area contributed by atoms with Gasteiger partial charge in [-0.2, -0.15) is 31.4 Å². The molecule has 10 rings (SSSR count). The van der Waals surface area contributed by atoms with E-state index in [1.807, 2.05) is 0 Å². The van der Waals surface area contributed by atoms with Crippen LogP contribution in [0.4, 0.5) is 26.3 Å². The summed E-state index contributed by atoms with van der Waals surface area (Å²) in [6, 6.07) is 10.0. The van der Waals surface area contributed by atoms with Gasteiger partial charge in [0.05, 0.1) is 60.8 Å². The lowest BCUT2D eigenvalue weighted by atomic mass is 9.70. The molecule has 2 aliphatic carbocycles. The van der Waals surface area contributed by atoms with Gasteiger partial charge in [0.15, 0.2) is 0 Å². The summed E-state index contributed by atoms with van der Waals surface area (Å²) in [5.74, 6) is -4.95. The van der Waals surface area contributed by atoms with Crippen LogP contribution in [0.5, 0.6) is 0 Å². The third kappa shape index (κ3) is 9.09. The topological polar surface area (TPSA) is 164 Å². The number of benzene rings is 2. The fourth-order valence-corrected chi connectivity index (χ4v) is 11.1. The summed E-state index contributed by atoms with van der Waals surface area (Å²) in [7, 11) is 0. The first kappa shape index (κ1) is 47.6. The first-order valence-corrected chi connectivity index (χ1v) is 23.2. The Morgan fingerprint density at radius 1 is 0.882 bits per heavy atom. The SMILES string of the molecule is C[C@@H](OCC12CCC(CC1)OC2)[C@H](NC(=O)[C@@H]1CN(C(=O)c2cnn(Cc3ccc(C(F)(F)F)cc3)c2)CC12CN(C(=O)C1(C(F)(F)F)CC1)C2)C(=O)N1CCC(c2ccccc2C(=O)O)CC1. The Morgan fingerprint density at radius 2 is 1.54 bits per heavy atom. The van der Waals surface area contributed by atoms with Crippen LogP contribution in [0.15, 0.2) is 60.9 Å². The van der Waals surface area contributed by atoms with Crippen molar-refractivity contribution in [3.05, 3.63) is 88.7 Å². The molecule has 3 aromatic rings.